The van der Waals surface area contributed by atoms with Crippen LogP contribution in [0.2, 0.25) is 0 Å². The first-order valence-electron chi connectivity index (χ1n) is 8.54. The molecule has 6 nitrogen and oxygen atoms in total. The van der Waals surface area contributed by atoms with Crippen molar-refractivity contribution >= 4 is 0 Å². The maximum absolute atomic E-state index is 9.80. The molecule has 0 saturated carbocycles. The van der Waals surface area contributed by atoms with Crippen molar-refractivity contribution in [1.82, 2.24) is 0 Å². The minimum atomic E-state index is -1.37. The monoisotopic (exact) mass is 344 g/mol. The van der Waals surface area contributed by atoms with Gasteiger partial charge in [-0.2, -0.15) is 0 Å². The van der Waals surface area contributed by atoms with Crippen molar-refractivity contribution in [2.75, 3.05) is 13.2 Å². The van der Waals surface area contributed by atoms with Crippen LogP contribution in [0.25, 0.3) is 0 Å². The Labute approximate surface area is 163 Å². The summed E-state index contributed by atoms with van der Waals surface area (Å²) in [6, 6.07) is 0. The van der Waals surface area contributed by atoms with Gasteiger partial charge in [-0.25, -0.2) is 0 Å². The van der Waals surface area contributed by atoms with E-state index >= 15 is 0 Å². The van der Waals surface area contributed by atoms with Crippen LogP contribution in [0.4, 0.5) is 0 Å². The molecule has 0 aromatic rings. The average molecular weight is 344 g/mol. The zero-order valence-corrected chi connectivity index (χ0v) is 16.6. The summed E-state index contributed by atoms with van der Waals surface area (Å²) in [6.45, 7) is 2.20. The van der Waals surface area contributed by atoms with Crippen molar-refractivity contribution in [1.29, 1.82) is 0 Å². The predicted octanol–water partition coefficient (Wildman–Crippen LogP) is -1.94. The first-order chi connectivity index (χ1) is 10.6. The van der Waals surface area contributed by atoms with E-state index < -0.39 is 37.3 Å². The topological polar surface area (TPSA) is 99.4 Å². The van der Waals surface area contributed by atoms with Crippen LogP contribution in [0.3, 0.4) is 0 Å². The summed E-state index contributed by atoms with van der Waals surface area (Å²) in [5, 5.41) is 38.2. The molecule has 134 valence electrons. The Morgan fingerprint density at radius 3 is 2.00 bits per heavy atom. The van der Waals surface area contributed by atoms with Crippen LogP contribution < -0.4 is 29.6 Å². The third kappa shape index (κ3) is 8.61. The van der Waals surface area contributed by atoms with E-state index in [2.05, 4.69) is 6.92 Å². The number of rotatable bonds is 11. The van der Waals surface area contributed by atoms with E-state index in [9.17, 15) is 15.3 Å². The van der Waals surface area contributed by atoms with E-state index in [4.69, 9.17) is 14.6 Å². The van der Waals surface area contributed by atoms with Gasteiger partial charge in [0.25, 0.3) is 0 Å². The largest absolute Gasteiger partial charge is 1.00 e. The van der Waals surface area contributed by atoms with Crippen molar-refractivity contribution in [2.24, 2.45) is 0 Å². The molecular formula is C16H33NaO6. The van der Waals surface area contributed by atoms with Crippen LogP contribution in [0, 0.1) is 0 Å². The van der Waals surface area contributed by atoms with Crippen molar-refractivity contribution in [3.05, 3.63) is 0 Å². The second kappa shape index (κ2) is 14.0. The van der Waals surface area contributed by atoms with E-state index in [0.717, 1.165) is 12.8 Å². The molecule has 5 atom stereocenters. The van der Waals surface area contributed by atoms with Gasteiger partial charge in [-0.05, 0) is 6.42 Å². The molecule has 7 heteroatoms. The average Bonchev–Trinajstić information content (AvgIpc) is 2.53. The Balaban J connectivity index is 0. The summed E-state index contributed by atoms with van der Waals surface area (Å²) in [6.07, 6.45) is 3.58. The van der Waals surface area contributed by atoms with Crippen molar-refractivity contribution in [2.45, 2.75) is 89.0 Å². The fourth-order valence-corrected chi connectivity index (χ4v) is 2.64. The third-order valence-corrected chi connectivity index (χ3v) is 4.13. The molecule has 0 aromatic carbocycles. The number of unbranched alkanes of at least 4 members (excludes halogenated alkanes) is 7. The van der Waals surface area contributed by atoms with Crippen molar-refractivity contribution in [3.8, 4) is 0 Å². The third-order valence-electron chi connectivity index (χ3n) is 4.13. The molecule has 0 aromatic heterocycles. The Bertz CT molecular complexity index is 285. The summed E-state index contributed by atoms with van der Waals surface area (Å²) >= 11 is 0. The normalized spacial score (nSPS) is 30.9. The number of hydrogen-bond acceptors (Lipinski definition) is 6. The number of hydrogen-bond donors (Lipinski definition) is 4. The molecule has 0 aliphatic carbocycles. The van der Waals surface area contributed by atoms with Gasteiger partial charge in [0, 0.05) is 6.61 Å². The molecule has 23 heavy (non-hydrogen) atoms. The maximum Gasteiger partial charge on any atom is 1.00 e. The first kappa shape index (κ1) is 23.8. The molecule has 0 amide bonds. The van der Waals surface area contributed by atoms with Crippen LogP contribution in [0.1, 0.15) is 59.7 Å². The van der Waals surface area contributed by atoms with Gasteiger partial charge in [0.1, 0.15) is 24.4 Å². The Hall–Kier alpha value is 0.760. The number of aliphatic hydroxyl groups excluding tert-OH is 4. The molecule has 0 radical (unpaired) electrons. The van der Waals surface area contributed by atoms with Crippen LogP contribution in [0.5, 0.6) is 0 Å². The smallest absolute Gasteiger partial charge is 1.00 e. The van der Waals surface area contributed by atoms with Crippen molar-refractivity contribution in [3.63, 3.8) is 0 Å². The predicted molar refractivity (Wildman–Crippen MR) is 83.4 cm³/mol. The summed E-state index contributed by atoms with van der Waals surface area (Å²) in [7, 11) is 0. The van der Waals surface area contributed by atoms with Gasteiger partial charge in [-0.15, -0.1) is 0 Å². The molecule has 0 spiro atoms. The molecule has 1 saturated heterocycles. The minimum absolute atomic E-state index is 0. The quantitative estimate of drug-likeness (QED) is 0.257. The molecule has 0 unspecified atom stereocenters. The molecule has 4 N–H and O–H groups in total. The molecule has 0 bridgehead atoms. The van der Waals surface area contributed by atoms with Gasteiger partial charge in [0.2, 0.25) is 0 Å². The van der Waals surface area contributed by atoms with Crippen molar-refractivity contribution < 1.29 is 60.9 Å². The molecular weight excluding hydrogens is 311 g/mol. The second-order valence-electron chi connectivity index (χ2n) is 6.04. The van der Waals surface area contributed by atoms with Crippen LogP contribution >= 0.6 is 0 Å². The summed E-state index contributed by atoms with van der Waals surface area (Å²) < 4.78 is 10.7. The van der Waals surface area contributed by atoms with Gasteiger partial charge in [-0.1, -0.05) is 51.9 Å². The van der Waals surface area contributed by atoms with E-state index in [-0.39, 0.29) is 31.0 Å². The van der Waals surface area contributed by atoms with Gasteiger partial charge >= 0.3 is 29.6 Å². The van der Waals surface area contributed by atoms with E-state index in [0.29, 0.717) is 6.61 Å². The fourth-order valence-electron chi connectivity index (χ4n) is 2.64. The Kier molecular flexibility index (Phi) is 14.4. The molecule has 1 fully saturated rings. The molecule has 1 rings (SSSR count). The molecule has 1 heterocycles. The number of ether oxygens (including phenoxy) is 2. The van der Waals surface area contributed by atoms with E-state index in [1.54, 1.807) is 0 Å². The van der Waals surface area contributed by atoms with E-state index in [1.807, 2.05) is 0 Å². The first-order valence-corrected chi connectivity index (χ1v) is 8.54. The SMILES string of the molecule is CCCCCCCCCCO[C@@H]1O[C@H](CO)[C@H](O)[C@H](O)[C@H]1O.[H-].[Na+]. The zero-order chi connectivity index (χ0) is 16.4. The summed E-state index contributed by atoms with van der Waals surface area (Å²) in [5.74, 6) is 0. The molecule has 1 aliphatic rings. The minimum Gasteiger partial charge on any atom is -1.00 e. The van der Waals surface area contributed by atoms with Crippen LogP contribution in [0.15, 0.2) is 0 Å². The van der Waals surface area contributed by atoms with Crippen LogP contribution in [-0.2, 0) is 9.47 Å². The van der Waals surface area contributed by atoms with Gasteiger partial charge in [-0.3, -0.25) is 0 Å². The van der Waals surface area contributed by atoms with E-state index in [1.165, 1.54) is 38.5 Å². The summed E-state index contributed by atoms with van der Waals surface area (Å²) in [5.41, 5.74) is 0. The van der Waals surface area contributed by atoms with Gasteiger partial charge in [0.15, 0.2) is 6.29 Å². The Morgan fingerprint density at radius 1 is 0.870 bits per heavy atom. The fraction of sp³-hybridized carbons (Fsp3) is 1.00. The van der Waals surface area contributed by atoms with Gasteiger partial charge < -0.3 is 31.3 Å². The maximum atomic E-state index is 9.80. The van der Waals surface area contributed by atoms with Crippen LogP contribution in [-0.4, -0.2) is 64.3 Å². The number of aliphatic hydroxyl groups is 4. The summed E-state index contributed by atoms with van der Waals surface area (Å²) in [4.78, 5) is 0. The Morgan fingerprint density at radius 2 is 1.43 bits per heavy atom. The van der Waals surface area contributed by atoms with Gasteiger partial charge in [0.05, 0.1) is 6.61 Å². The second-order valence-corrected chi connectivity index (χ2v) is 6.04. The zero-order valence-electron chi connectivity index (χ0n) is 15.6. The molecule has 1 aliphatic heterocycles. The standard InChI is InChI=1S/C16H32O6.Na.H/c1-2-3-4-5-6-7-8-9-10-21-16-15(20)14(19)13(18)12(11-17)22-16;;/h12-20H,2-11H2,1H3;;/q;+1;-1/t12-,13+,14+,15-,16-;;/m1../s1.